The number of ketones is 1. The van der Waals surface area contributed by atoms with Crippen LogP contribution in [0.2, 0.25) is 0 Å². The lowest BCUT2D eigenvalue weighted by atomic mass is 10.1. The maximum absolute atomic E-state index is 12.1. The van der Waals surface area contributed by atoms with Crippen molar-refractivity contribution < 1.29 is 19.1 Å². The Balaban J connectivity index is 1.86. The molecular weight excluding hydrogens is 286 g/mol. The molecule has 1 aliphatic heterocycles. The molecule has 0 aromatic carbocycles. The number of hydrogen-bond donors (Lipinski definition) is 0. The monoisotopic (exact) mass is 307 g/mol. The summed E-state index contributed by atoms with van der Waals surface area (Å²) in [6, 6.07) is 3.38. The molecule has 2 heterocycles. The van der Waals surface area contributed by atoms with Gasteiger partial charge in [0.1, 0.15) is 11.9 Å². The number of rotatable bonds is 6. The number of hydrogen-bond acceptors (Lipinski definition) is 6. The fourth-order valence-electron chi connectivity index (χ4n) is 2.35. The van der Waals surface area contributed by atoms with Crippen LogP contribution < -0.4 is 9.47 Å². The van der Waals surface area contributed by atoms with Crippen molar-refractivity contribution in [2.24, 2.45) is 0 Å². The Bertz CT molecular complexity index is 518. The van der Waals surface area contributed by atoms with E-state index in [0.29, 0.717) is 31.3 Å². The molecule has 2 rings (SSSR count). The second kappa shape index (κ2) is 7.72. The molecule has 0 spiro atoms. The minimum atomic E-state index is -0.0993. The molecule has 0 N–H and O–H groups in total. The lowest BCUT2D eigenvalue weighted by Gasteiger charge is -2.32. The Kier molecular flexibility index (Phi) is 5.68. The normalized spacial score (nSPS) is 17.9. The number of carbonyl (C=O) groups is 2. The van der Waals surface area contributed by atoms with Crippen LogP contribution in [0.3, 0.4) is 0 Å². The van der Waals surface area contributed by atoms with E-state index < -0.39 is 0 Å². The number of methoxy groups -OCH3 is 1. The van der Waals surface area contributed by atoms with E-state index in [1.807, 2.05) is 0 Å². The number of carbonyl (C=O) groups excluding carboxylic acids is 2. The van der Waals surface area contributed by atoms with Crippen LogP contribution in [0, 0.1) is 0 Å². The van der Waals surface area contributed by atoms with Gasteiger partial charge in [-0.1, -0.05) is 0 Å². The van der Waals surface area contributed by atoms with Crippen molar-refractivity contribution >= 4 is 11.7 Å². The average Bonchev–Trinajstić information content (AvgIpc) is 2.53. The van der Waals surface area contributed by atoms with Crippen LogP contribution in [0.4, 0.5) is 0 Å². The first-order valence-electron chi connectivity index (χ1n) is 7.40. The third kappa shape index (κ3) is 4.68. The summed E-state index contributed by atoms with van der Waals surface area (Å²) >= 11 is 0. The number of ether oxygens (including phenoxy) is 2. The van der Waals surface area contributed by atoms with Crippen LogP contribution in [-0.2, 0) is 9.59 Å². The van der Waals surface area contributed by atoms with Gasteiger partial charge < -0.3 is 19.2 Å². The SMILES string of the molecule is COc1ccc(OC2CCCN(C(=O)CCC(C)=O)C2)nn1. The van der Waals surface area contributed by atoms with Crippen molar-refractivity contribution in [1.82, 2.24) is 15.1 Å². The van der Waals surface area contributed by atoms with Crippen molar-refractivity contribution in [3.8, 4) is 11.8 Å². The first-order valence-corrected chi connectivity index (χ1v) is 7.40. The highest BCUT2D eigenvalue weighted by molar-refractivity contribution is 5.83. The molecule has 1 saturated heterocycles. The summed E-state index contributed by atoms with van der Waals surface area (Å²) in [6.07, 6.45) is 2.21. The van der Waals surface area contributed by atoms with Crippen molar-refractivity contribution in [1.29, 1.82) is 0 Å². The molecule has 7 heteroatoms. The zero-order valence-corrected chi connectivity index (χ0v) is 12.9. The molecular formula is C15H21N3O4. The zero-order chi connectivity index (χ0) is 15.9. The predicted octanol–water partition coefficient (Wildman–Crippen LogP) is 1.22. The molecule has 120 valence electrons. The summed E-state index contributed by atoms with van der Waals surface area (Å²) in [5, 5.41) is 7.78. The van der Waals surface area contributed by atoms with Crippen LogP contribution in [0.5, 0.6) is 11.8 Å². The molecule has 0 aliphatic carbocycles. The van der Waals surface area contributed by atoms with Crippen LogP contribution in [0.1, 0.15) is 32.6 Å². The molecule has 1 atom stereocenters. The lowest BCUT2D eigenvalue weighted by Crippen LogP contribution is -2.44. The molecule has 1 aromatic heterocycles. The van der Waals surface area contributed by atoms with Crippen molar-refractivity contribution in [2.75, 3.05) is 20.2 Å². The fourth-order valence-corrected chi connectivity index (χ4v) is 2.35. The first-order chi connectivity index (χ1) is 10.6. The topological polar surface area (TPSA) is 81.6 Å². The minimum absolute atomic E-state index is 0.00400. The van der Waals surface area contributed by atoms with E-state index in [-0.39, 0.29) is 24.2 Å². The molecule has 1 fully saturated rings. The van der Waals surface area contributed by atoms with Gasteiger partial charge in [0, 0.05) is 31.5 Å². The number of amides is 1. The average molecular weight is 307 g/mol. The Hall–Kier alpha value is -2.18. The lowest BCUT2D eigenvalue weighted by molar-refractivity contribution is -0.135. The summed E-state index contributed by atoms with van der Waals surface area (Å²) in [4.78, 5) is 24.8. The van der Waals surface area contributed by atoms with E-state index in [2.05, 4.69) is 10.2 Å². The third-order valence-electron chi connectivity index (χ3n) is 3.53. The van der Waals surface area contributed by atoms with E-state index in [4.69, 9.17) is 9.47 Å². The first kappa shape index (κ1) is 16.2. The van der Waals surface area contributed by atoms with Crippen LogP contribution in [0.15, 0.2) is 12.1 Å². The van der Waals surface area contributed by atoms with E-state index in [0.717, 1.165) is 12.8 Å². The Morgan fingerprint density at radius 3 is 2.64 bits per heavy atom. The van der Waals surface area contributed by atoms with Gasteiger partial charge in [-0.05, 0) is 19.8 Å². The summed E-state index contributed by atoms with van der Waals surface area (Å²) < 4.78 is 10.7. The van der Waals surface area contributed by atoms with Gasteiger partial charge in [-0.2, -0.15) is 0 Å². The molecule has 1 amide bonds. The highest BCUT2D eigenvalue weighted by Gasteiger charge is 2.25. The quantitative estimate of drug-likeness (QED) is 0.786. The Morgan fingerprint density at radius 1 is 1.27 bits per heavy atom. The molecule has 1 aliphatic rings. The van der Waals surface area contributed by atoms with Gasteiger partial charge in [0.2, 0.25) is 17.7 Å². The summed E-state index contributed by atoms with van der Waals surface area (Å²) in [5.41, 5.74) is 0. The highest BCUT2D eigenvalue weighted by Crippen LogP contribution is 2.18. The zero-order valence-electron chi connectivity index (χ0n) is 12.9. The second-order valence-corrected chi connectivity index (χ2v) is 5.34. The predicted molar refractivity (Wildman–Crippen MR) is 78.7 cm³/mol. The summed E-state index contributed by atoms with van der Waals surface area (Å²) in [7, 11) is 1.52. The van der Waals surface area contributed by atoms with E-state index in [9.17, 15) is 9.59 Å². The van der Waals surface area contributed by atoms with Gasteiger partial charge >= 0.3 is 0 Å². The maximum Gasteiger partial charge on any atom is 0.233 e. The van der Waals surface area contributed by atoms with Crippen LogP contribution in [0.25, 0.3) is 0 Å². The standard InChI is InChI=1S/C15H21N3O4/c1-11(19)5-8-15(20)18-9-3-4-12(10-18)22-14-7-6-13(21-2)16-17-14/h6-7,12H,3-5,8-10H2,1-2H3. The number of nitrogens with zero attached hydrogens (tertiary/aromatic N) is 3. The summed E-state index contributed by atoms with van der Waals surface area (Å²) in [6.45, 7) is 2.73. The number of Topliss-reactive ketones (excluding diaryl/α,β-unsaturated/α-hetero) is 1. The minimum Gasteiger partial charge on any atom is -0.480 e. The molecule has 0 radical (unpaired) electrons. The number of aromatic nitrogens is 2. The van der Waals surface area contributed by atoms with Crippen molar-refractivity contribution in [3.05, 3.63) is 12.1 Å². The molecule has 0 saturated carbocycles. The number of piperidine rings is 1. The van der Waals surface area contributed by atoms with E-state index >= 15 is 0 Å². The molecule has 1 aromatic rings. The Labute approximate surface area is 129 Å². The molecule has 0 bridgehead atoms. The summed E-state index contributed by atoms with van der Waals surface area (Å²) in [5.74, 6) is 0.886. The van der Waals surface area contributed by atoms with E-state index in [1.165, 1.54) is 14.0 Å². The fraction of sp³-hybridized carbons (Fsp3) is 0.600. The molecule has 22 heavy (non-hydrogen) atoms. The van der Waals surface area contributed by atoms with Gasteiger partial charge in [0.15, 0.2) is 0 Å². The van der Waals surface area contributed by atoms with Crippen LogP contribution in [-0.4, -0.2) is 53.1 Å². The molecule has 7 nitrogen and oxygen atoms in total. The van der Waals surface area contributed by atoms with E-state index in [1.54, 1.807) is 17.0 Å². The largest absolute Gasteiger partial charge is 0.480 e. The highest BCUT2D eigenvalue weighted by atomic mass is 16.5. The number of likely N-dealkylation sites (tertiary alicyclic amines) is 1. The van der Waals surface area contributed by atoms with Gasteiger partial charge in [-0.15, -0.1) is 10.2 Å². The van der Waals surface area contributed by atoms with Gasteiger partial charge in [-0.25, -0.2) is 0 Å². The van der Waals surface area contributed by atoms with Crippen molar-refractivity contribution in [3.63, 3.8) is 0 Å². The Morgan fingerprint density at radius 2 is 2.00 bits per heavy atom. The van der Waals surface area contributed by atoms with Crippen molar-refractivity contribution in [2.45, 2.75) is 38.7 Å². The van der Waals surface area contributed by atoms with Gasteiger partial charge in [-0.3, -0.25) is 4.79 Å². The maximum atomic E-state index is 12.1. The van der Waals surface area contributed by atoms with Crippen LogP contribution >= 0.6 is 0 Å². The third-order valence-corrected chi connectivity index (χ3v) is 3.53. The van der Waals surface area contributed by atoms with Gasteiger partial charge in [0.05, 0.1) is 13.7 Å². The smallest absolute Gasteiger partial charge is 0.233 e. The second-order valence-electron chi connectivity index (χ2n) is 5.34. The van der Waals surface area contributed by atoms with Gasteiger partial charge in [0.25, 0.3) is 0 Å². The molecule has 1 unspecified atom stereocenters.